The highest BCUT2D eigenvalue weighted by molar-refractivity contribution is 5.13. The molecule has 0 amide bonds. The monoisotopic (exact) mass is 220 g/mol. The van der Waals surface area contributed by atoms with E-state index in [9.17, 15) is 5.11 Å². The SMILES string of the molecule is C=C[C@H](C)[C@@H](O)CCOCc1ccccc1. The minimum atomic E-state index is -0.353. The number of aliphatic hydroxyl groups is 1. The largest absolute Gasteiger partial charge is 0.392 e. The van der Waals surface area contributed by atoms with Gasteiger partial charge in [-0.05, 0) is 17.9 Å². The summed E-state index contributed by atoms with van der Waals surface area (Å²) < 4.78 is 5.49. The zero-order valence-corrected chi connectivity index (χ0v) is 9.80. The maximum absolute atomic E-state index is 9.66. The van der Waals surface area contributed by atoms with Gasteiger partial charge < -0.3 is 9.84 Å². The molecule has 88 valence electrons. The Bertz CT molecular complexity index is 295. The van der Waals surface area contributed by atoms with Crippen molar-refractivity contribution >= 4 is 0 Å². The van der Waals surface area contributed by atoms with Crippen molar-refractivity contribution in [1.29, 1.82) is 0 Å². The zero-order valence-electron chi connectivity index (χ0n) is 9.80. The van der Waals surface area contributed by atoms with Gasteiger partial charge in [0.1, 0.15) is 0 Å². The van der Waals surface area contributed by atoms with E-state index in [1.807, 2.05) is 37.3 Å². The Kier molecular flexibility index (Phi) is 5.83. The van der Waals surface area contributed by atoms with Gasteiger partial charge in [-0.1, -0.05) is 43.3 Å². The van der Waals surface area contributed by atoms with Gasteiger partial charge in [-0.2, -0.15) is 0 Å². The van der Waals surface area contributed by atoms with Crippen LogP contribution in [0.4, 0.5) is 0 Å². The van der Waals surface area contributed by atoms with Crippen LogP contribution in [0.25, 0.3) is 0 Å². The normalized spacial score (nSPS) is 14.4. The molecule has 0 aliphatic carbocycles. The summed E-state index contributed by atoms with van der Waals surface area (Å²) in [5, 5.41) is 9.66. The fourth-order valence-corrected chi connectivity index (χ4v) is 1.39. The predicted octanol–water partition coefficient (Wildman–Crippen LogP) is 2.78. The van der Waals surface area contributed by atoms with E-state index in [1.165, 1.54) is 0 Å². The topological polar surface area (TPSA) is 29.5 Å². The van der Waals surface area contributed by atoms with Gasteiger partial charge in [0.25, 0.3) is 0 Å². The third-order valence-electron chi connectivity index (χ3n) is 2.65. The lowest BCUT2D eigenvalue weighted by Crippen LogP contribution is -2.17. The van der Waals surface area contributed by atoms with Crippen LogP contribution in [0.1, 0.15) is 18.9 Å². The second-order valence-corrected chi connectivity index (χ2v) is 3.99. The fraction of sp³-hybridized carbons (Fsp3) is 0.429. The minimum absolute atomic E-state index is 0.125. The van der Waals surface area contributed by atoms with Crippen molar-refractivity contribution in [3.63, 3.8) is 0 Å². The van der Waals surface area contributed by atoms with Gasteiger partial charge >= 0.3 is 0 Å². The molecule has 0 saturated carbocycles. The minimum Gasteiger partial charge on any atom is -0.392 e. The summed E-state index contributed by atoms with van der Waals surface area (Å²) in [6, 6.07) is 10.0. The molecule has 0 aliphatic rings. The molecular formula is C14H20O2. The van der Waals surface area contributed by atoms with Gasteiger partial charge in [-0.25, -0.2) is 0 Å². The summed E-state index contributed by atoms with van der Waals surface area (Å²) in [6.07, 6.45) is 2.07. The lowest BCUT2D eigenvalue weighted by Gasteiger charge is -2.14. The first kappa shape index (κ1) is 12.9. The highest BCUT2D eigenvalue weighted by atomic mass is 16.5. The maximum atomic E-state index is 9.66. The molecule has 1 N–H and O–H groups in total. The standard InChI is InChI=1S/C14H20O2/c1-3-12(2)14(15)9-10-16-11-13-7-5-4-6-8-13/h3-8,12,14-15H,1,9-11H2,2H3/t12-,14-/m0/s1. The van der Waals surface area contributed by atoms with E-state index >= 15 is 0 Å². The van der Waals surface area contributed by atoms with Gasteiger partial charge in [0.05, 0.1) is 12.7 Å². The molecule has 0 aromatic heterocycles. The molecule has 1 rings (SSSR count). The van der Waals surface area contributed by atoms with Crippen LogP contribution in [0.15, 0.2) is 43.0 Å². The summed E-state index contributed by atoms with van der Waals surface area (Å²) in [7, 11) is 0. The average molecular weight is 220 g/mol. The van der Waals surface area contributed by atoms with Crippen LogP contribution >= 0.6 is 0 Å². The number of hydrogen-bond acceptors (Lipinski definition) is 2. The first-order valence-electron chi connectivity index (χ1n) is 5.66. The molecule has 0 aliphatic heterocycles. The van der Waals surface area contributed by atoms with E-state index in [4.69, 9.17) is 4.74 Å². The molecule has 2 nitrogen and oxygen atoms in total. The van der Waals surface area contributed by atoms with Crippen molar-refractivity contribution in [2.45, 2.75) is 26.1 Å². The van der Waals surface area contributed by atoms with Crippen molar-refractivity contribution in [2.24, 2.45) is 5.92 Å². The molecule has 0 fully saturated rings. The molecule has 16 heavy (non-hydrogen) atoms. The van der Waals surface area contributed by atoms with Crippen molar-refractivity contribution in [3.05, 3.63) is 48.6 Å². The highest BCUT2D eigenvalue weighted by Gasteiger charge is 2.09. The second kappa shape index (κ2) is 7.20. The molecule has 0 bridgehead atoms. The van der Waals surface area contributed by atoms with Crippen molar-refractivity contribution in [2.75, 3.05) is 6.61 Å². The number of rotatable bonds is 7. The summed E-state index contributed by atoms with van der Waals surface area (Å²) in [6.45, 7) is 6.79. The number of ether oxygens (including phenoxy) is 1. The first-order chi connectivity index (χ1) is 7.74. The molecule has 0 heterocycles. The third-order valence-corrected chi connectivity index (χ3v) is 2.65. The van der Waals surface area contributed by atoms with Crippen LogP contribution in [0.5, 0.6) is 0 Å². The van der Waals surface area contributed by atoms with Gasteiger partial charge in [0.15, 0.2) is 0 Å². The lowest BCUT2D eigenvalue weighted by atomic mass is 10.0. The molecule has 2 heteroatoms. The van der Waals surface area contributed by atoms with Crippen molar-refractivity contribution < 1.29 is 9.84 Å². The Morgan fingerprint density at radius 3 is 2.69 bits per heavy atom. The summed E-state index contributed by atoms with van der Waals surface area (Å²) in [5.74, 6) is 0.125. The van der Waals surface area contributed by atoms with Gasteiger partial charge in [0.2, 0.25) is 0 Å². The van der Waals surface area contributed by atoms with Crippen LogP contribution in [-0.2, 0) is 11.3 Å². The van der Waals surface area contributed by atoms with Crippen LogP contribution in [-0.4, -0.2) is 17.8 Å². The molecule has 2 atom stereocenters. The van der Waals surface area contributed by atoms with Crippen LogP contribution in [0, 0.1) is 5.92 Å². The average Bonchev–Trinajstić information content (AvgIpc) is 2.34. The second-order valence-electron chi connectivity index (χ2n) is 3.99. The summed E-state index contributed by atoms with van der Waals surface area (Å²) >= 11 is 0. The van der Waals surface area contributed by atoms with E-state index in [0.717, 1.165) is 5.56 Å². The van der Waals surface area contributed by atoms with E-state index < -0.39 is 0 Å². The molecular weight excluding hydrogens is 200 g/mol. The number of aliphatic hydroxyl groups excluding tert-OH is 1. The summed E-state index contributed by atoms with van der Waals surface area (Å²) in [4.78, 5) is 0. The van der Waals surface area contributed by atoms with E-state index in [2.05, 4.69) is 6.58 Å². The van der Waals surface area contributed by atoms with Crippen LogP contribution < -0.4 is 0 Å². The predicted molar refractivity (Wildman–Crippen MR) is 66.1 cm³/mol. The van der Waals surface area contributed by atoms with Crippen LogP contribution in [0.3, 0.4) is 0 Å². The molecule has 0 radical (unpaired) electrons. The lowest BCUT2D eigenvalue weighted by molar-refractivity contribution is 0.0590. The first-order valence-corrected chi connectivity index (χ1v) is 5.66. The molecule has 1 aromatic carbocycles. The summed E-state index contributed by atoms with van der Waals surface area (Å²) in [5.41, 5.74) is 1.16. The van der Waals surface area contributed by atoms with Crippen molar-refractivity contribution in [3.8, 4) is 0 Å². The zero-order chi connectivity index (χ0) is 11.8. The Morgan fingerprint density at radius 2 is 2.06 bits per heavy atom. The van der Waals surface area contributed by atoms with Crippen LogP contribution in [0.2, 0.25) is 0 Å². The Hall–Kier alpha value is -1.12. The maximum Gasteiger partial charge on any atom is 0.0716 e. The Morgan fingerprint density at radius 1 is 1.38 bits per heavy atom. The Labute approximate surface area is 97.6 Å². The van der Waals surface area contributed by atoms with Crippen molar-refractivity contribution in [1.82, 2.24) is 0 Å². The van der Waals surface area contributed by atoms with E-state index in [-0.39, 0.29) is 12.0 Å². The molecule has 0 saturated heterocycles. The number of benzene rings is 1. The van der Waals surface area contributed by atoms with Gasteiger partial charge in [-0.15, -0.1) is 6.58 Å². The number of hydrogen-bond donors (Lipinski definition) is 1. The highest BCUT2D eigenvalue weighted by Crippen LogP contribution is 2.08. The van der Waals surface area contributed by atoms with E-state index in [0.29, 0.717) is 19.6 Å². The Balaban J connectivity index is 2.15. The molecule has 0 spiro atoms. The smallest absolute Gasteiger partial charge is 0.0716 e. The van der Waals surface area contributed by atoms with Gasteiger partial charge in [0, 0.05) is 6.61 Å². The third kappa shape index (κ3) is 4.60. The quantitative estimate of drug-likeness (QED) is 0.565. The molecule has 1 aromatic rings. The van der Waals surface area contributed by atoms with E-state index in [1.54, 1.807) is 6.08 Å². The van der Waals surface area contributed by atoms with Gasteiger partial charge in [-0.3, -0.25) is 0 Å². The molecule has 0 unspecified atom stereocenters. The fourth-order valence-electron chi connectivity index (χ4n) is 1.39.